The van der Waals surface area contributed by atoms with Crippen molar-refractivity contribution in [1.29, 1.82) is 0 Å². The molecule has 0 aliphatic carbocycles. The molecule has 1 aliphatic rings. The van der Waals surface area contributed by atoms with E-state index in [2.05, 4.69) is 5.32 Å². The molecule has 1 aromatic rings. The van der Waals surface area contributed by atoms with E-state index in [0.717, 1.165) is 24.3 Å². The van der Waals surface area contributed by atoms with E-state index in [0.29, 0.717) is 6.42 Å². The van der Waals surface area contributed by atoms with Crippen LogP contribution in [-0.4, -0.2) is 39.6 Å². The molecule has 2 rings (SSSR count). The molecule has 0 spiro atoms. The Hall–Kier alpha value is -1.07. The lowest BCUT2D eigenvalue weighted by molar-refractivity contribution is 0.399. The Balaban J connectivity index is 1.85. The molecule has 1 fully saturated rings. The Morgan fingerprint density at radius 1 is 1.33 bits per heavy atom. The average molecular weight is 269 g/mol. The van der Waals surface area contributed by atoms with Crippen LogP contribution in [0.25, 0.3) is 0 Å². The number of benzene rings is 1. The van der Waals surface area contributed by atoms with Crippen LogP contribution in [0.3, 0.4) is 0 Å². The third-order valence-electron chi connectivity index (χ3n) is 3.24. The number of methoxy groups -OCH3 is 1. The van der Waals surface area contributed by atoms with E-state index in [9.17, 15) is 8.42 Å². The summed E-state index contributed by atoms with van der Waals surface area (Å²) in [4.78, 5) is 0. The zero-order valence-corrected chi connectivity index (χ0v) is 11.4. The molecular weight excluding hydrogens is 250 g/mol. The Labute approximate surface area is 108 Å². The lowest BCUT2D eigenvalue weighted by atomic mass is 10.1. The average Bonchev–Trinajstić information content (AvgIpc) is 2.32. The van der Waals surface area contributed by atoms with Crippen LogP contribution in [0.1, 0.15) is 12.0 Å². The fourth-order valence-electron chi connectivity index (χ4n) is 1.95. The van der Waals surface area contributed by atoms with Crippen molar-refractivity contribution in [3.05, 3.63) is 29.8 Å². The maximum Gasteiger partial charge on any atom is 0.152 e. The molecule has 1 N–H and O–H groups in total. The quantitative estimate of drug-likeness (QED) is 0.837. The Morgan fingerprint density at radius 3 is 2.50 bits per heavy atom. The summed E-state index contributed by atoms with van der Waals surface area (Å²) in [5.74, 6) is 1.28. The van der Waals surface area contributed by atoms with E-state index < -0.39 is 9.84 Å². The van der Waals surface area contributed by atoms with Crippen LogP contribution in [0.2, 0.25) is 0 Å². The van der Waals surface area contributed by atoms with Gasteiger partial charge < -0.3 is 10.1 Å². The monoisotopic (exact) mass is 269 g/mol. The highest BCUT2D eigenvalue weighted by atomic mass is 32.2. The number of nitrogens with one attached hydrogen (secondary N) is 1. The molecule has 0 bridgehead atoms. The summed E-state index contributed by atoms with van der Waals surface area (Å²) in [5.41, 5.74) is 1.03. The molecule has 1 unspecified atom stereocenters. The van der Waals surface area contributed by atoms with Gasteiger partial charge in [0.25, 0.3) is 0 Å². The minimum atomic E-state index is -2.95. The molecule has 1 heterocycles. The standard InChI is InChI=1S/C13H19NO3S/c1-17-13-4-2-11(3-5-13)7-9-18(15,16)10-12-6-8-14-12/h2-5,12,14H,6-10H2,1H3. The Kier molecular flexibility index (Phi) is 4.24. The van der Waals surface area contributed by atoms with Gasteiger partial charge in [0, 0.05) is 6.04 Å². The third-order valence-corrected chi connectivity index (χ3v) is 4.98. The summed E-state index contributed by atoms with van der Waals surface area (Å²) >= 11 is 0. The normalized spacial score (nSPS) is 19.3. The molecule has 1 aromatic carbocycles. The number of rotatable bonds is 6. The molecule has 1 atom stereocenters. The SMILES string of the molecule is COc1ccc(CCS(=O)(=O)CC2CCN2)cc1. The summed E-state index contributed by atoms with van der Waals surface area (Å²) in [6.45, 7) is 0.943. The summed E-state index contributed by atoms with van der Waals surface area (Å²) in [7, 11) is -1.33. The molecule has 1 saturated heterocycles. The van der Waals surface area contributed by atoms with Crippen LogP contribution >= 0.6 is 0 Å². The highest BCUT2D eigenvalue weighted by molar-refractivity contribution is 7.91. The zero-order valence-electron chi connectivity index (χ0n) is 10.6. The molecule has 0 amide bonds. The fourth-order valence-corrected chi connectivity index (χ4v) is 3.56. The topological polar surface area (TPSA) is 55.4 Å². The fraction of sp³-hybridized carbons (Fsp3) is 0.538. The van der Waals surface area contributed by atoms with Crippen molar-refractivity contribution < 1.29 is 13.2 Å². The van der Waals surface area contributed by atoms with E-state index in [-0.39, 0.29) is 17.5 Å². The van der Waals surface area contributed by atoms with Crippen molar-refractivity contribution in [3.63, 3.8) is 0 Å². The highest BCUT2D eigenvalue weighted by Crippen LogP contribution is 2.13. The van der Waals surface area contributed by atoms with Gasteiger partial charge in [-0.15, -0.1) is 0 Å². The van der Waals surface area contributed by atoms with Crippen LogP contribution in [0.5, 0.6) is 5.75 Å². The summed E-state index contributed by atoms with van der Waals surface area (Å²) < 4.78 is 28.8. The minimum Gasteiger partial charge on any atom is -0.497 e. The number of hydrogen-bond donors (Lipinski definition) is 1. The van der Waals surface area contributed by atoms with Gasteiger partial charge in [0.15, 0.2) is 9.84 Å². The van der Waals surface area contributed by atoms with Gasteiger partial charge in [-0.25, -0.2) is 8.42 Å². The highest BCUT2D eigenvalue weighted by Gasteiger charge is 2.23. The van der Waals surface area contributed by atoms with Crippen LogP contribution < -0.4 is 10.1 Å². The van der Waals surface area contributed by atoms with Gasteiger partial charge in [0.1, 0.15) is 5.75 Å². The van der Waals surface area contributed by atoms with Gasteiger partial charge in [0.2, 0.25) is 0 Å². The molecule has 0 saturated carbocycles. The van der Waals surface area contributed by atoms with Crippen molar-refractivity contribution in [2.24, 2.45) is 0 Å². The van der Waals surface area contributed by atoms with Crippen molar-refractivity contribution in [1.82, 2.24) is 5.32 Å². The summed E-state index contributed by atoms with van der Waals surface area (Å²) in [6.07, 6.45) is 1.54. The predicted octanol–water partition coefficient (Wildman–Crippen LogP) is 1.01. The first-order chi connectivity index (χ1) is 8.59. The molecule has 0 radical (unpaired) electrons. The predicted molar refractivity (Wildman–Crippen MR) is 71.8 cm³/mol. The molecule has 5 heteroatoms. The van der Waals surface area contributed by atoms with Gasteiger partial charge in [-0.3, -0.25) is 0 Å². The molecule has 0 aromatic heterocycles. The van der Waals surface area contributed by atoms with Crippen molar-refractivity contribution in [3.8, 4) is 5.75 Å². The summed E-state index contributed by atoms with van der Waals surface area (Å²) in [5, 5.41) is 3.12. The smallest absolute Gasteiger partial charge is 0.152 e. The van der Waals surface area contributed by atoms with Crippen LogP contribution in [0, 0.1) is 0 Å². The first-order valence-electron chi connectivity index (χ1n) is 6.16. The van der Waals surface area contributed by atoms with Gasteiger partial charge in [-0.05, 0) is 37.1 Å². The molecule has 100 valence electrons. The third kappa shape index (κ3) is 3.71. The van der Waals surface area contributed by atoms with Crippen molar-refractivity contribution in [2.45, 2.75) is 18.9 Å². The number of hydrogen-bond acceptors (Lipinski definition) is 4. The lowest BCUT2D eigenvalue weighted by Crippen LogP contribution is -2.47. The van der Waals surface area contributed by atoms with E-state index in [1.165, 1.54) is 0 Å². The minimum absolute atomic E-state index is 0.172. The zero-order chi connectivity index (χ0) is 13.0. The molecule has 18 heavy (non-hydrogen) atoms. The van der Waals surface area contributed by atoms with Crippen LogP contribution in [-0.2, 0) is 16.3 Å². The second-order valence-electron chi connectivity index (χ2n) is 4.65. The lowest BCUT2D eigenvalue weighted by Gasteiger charge is -2.27. The van der Waals surface area contributed by atoms with Crippen molar-refractivity contribution in [2.75, 3.05) is 25.2 Å². The van der Waals surface area contributed by atoms with Gasteiger partial charge in [-0.1, -0.05) is 12.1 Å². The van der Waals surface area contributed by atoms with E-state index in [1.807, 2.05) is 24.3 Å². The maximum atomic E-state index is 11.9. The van der Waals surface area contributed by atoms with E-state index in [1.54, 1.807) is 7.11 Å². The largest absolute Gasteiger partial charge is 0.497 e. The number of aryl methyl sites for hydroxylation is 1. The summed E-state index contributed by atoms with van der Waals surface area (Å²) in [6, 6.07) is 7.71. The second kappa shape index (κ2) is 5.71. The number of sulfone groups is 1. The van der Waals surface area contributed by atoms with Crippen LogP contribution in [0.15, 0.2) is 24.3 Å². The first kappa shape index (κ1) is 13.4. The molecule has 4 nitrogen and oxygen atoms in total. The second-order valence-corrected chi connectivity index (χ2v) is 6.88. The van der Waals surface area contributed by atoms with E-state index >= 15 is 0 Å². The van der Waals surface area contributed by atoms with Gasteiger partial charge in [-0.2, -0.15) is 0 Å². The Morgan fingerprint density at radius 2 is 2.00 bits per heavy atom. The van der Waals surface area contributed by atoms with Gasteiger partial charge in [0.05, 0.1) is 18.6 Å². The van der Waals surface area contributed by atoms with Crippen molar-refractivity contribution >= 4 is 9.84 Å². The first-order valence-corrected chi connectivity index (χ1v) is 7.98. The molecule has 1 aliphatic heterocycles. The Bertz CT molecular complexity index is 477. The van der Waals surface area contributed by atoms with Gasteiger partial charge >= 0.3 is 0 Å². The number of ether oxygens (including phenoxy) is 1. The molecular formula is C13H19NO3S. The van der Waals surface area contributed by atoms with Crippen LogP contribution in [0.4, 0.5) is 0 Å². The maximum absolute atomic E-state index is 11.9. The van der Waals surface area contributed by atoms with E-state index in [4.69, 9.17) is 4.74 Å².